The minimum Gasteiger partial charge on any atom is -0.481 e. The maximum absolute atomic E-state index is 12.6. The average Bonchev–Trinajstić information content (AvgIpc) is 2.95. The zero-order chi connectivity index (χ0) is 29.2. The quantitative estimate of drug-likeness (QED) is 0.184. The van der Waals surface area contributed by atoms with Crippen molar-refractivity contribution in [3.05, 3.63) is 120 Å². The lowest BCUT2D eigenvalue weighted by atomic mass is 10.1. The summed E-state index contributed by atoms with van der Waals surface area (Å²) in [5, 5.41) is 20.3. The van der Waals surface area contributed by atoms with Gasteiger partial charge in [0.2, 0.25) is 5.91 Å². The first-order valence-corrected chi connectivity index (χ1v) is 12.8. The summed E-state index contributed by atoms with van der Waals surface area (Å²) in [4.78, 5) is 53.1. The molecule has 0 radical (unpaired) electrons. The van der Waals surface area contributed by atoms with Gasteiger partial charge in [-0.25, -0.2) is 4.79 Å². The Labute approximate surface area is 236 Å². The van der Waals surface area contributed by atoms with Crippen molar-refractivity contribution < 1.29 is 24.3 Å². The third-order valence-electron chi connectivity index (χ3n) is 6.12. The van der Waals surface area contributed by atoms with Gasteiger partial charge in [0.1, 0.15) is 0 Å². The lowest BCUT2D eigenvalue weighted by Crippen LogP contribution is -2.30. The minimum absolute atomic E-state index is 0.0895. The van der Waals surface area contributed by atoms with Gasteiger partial charge < -0.3 is 26.4 Å². The molecule has 4 rings (SSSR count). The van der Waals surface area contributed by atoms with Crippen molar-refractivity contribution in [2.45, 2.75) is 25.8 Å². The van der Waals surface area contributed by atoms with Gasteiger partial charge in [-0.15, -0.1) is 0 Å². The Bertz CT molecular complexity index is 1520. The fourth-order valence-corrected chi connectivity index (χ4v) is 4.01. The molecule has 10 heteroatoms. The molecule has 41 heavy (non-hydrogen) atoms. The maximum Gasteiger partial charge on any atom is 0.323 e. The number of aryl methyl sites for hydroxylation is 1. The van der Waals surface area contributed by atoms with Crippen LogP contribution in [0.2, 0.25) is 0 Å². The van der Waals surface area contributed by atoms with Crippen LogP contribution < -0.4 is 21.3 Å². The number of hydrogen-bond acceptors (Lipinski definition) is 5. The SMILES string of the molecule is Cc1ccccc1NC(=O)Nc1ccc(CC(=O)Nc2ccc(C(CC(=O)O)NC(=O)c3ccccc3)nc2)cc1. The molecule has 4 amide bonds. The van der Waals surface area contributed by atoms with E-state index in [1.807, 2.05) is 31.2 Å². The highest BCUT2D eigenvalue weighted by Gasteiger charge is 2.20. The fourth-order valence-electron chi connectivity index (χ4n) is 4.01. The van der Waals surface area contributed by atoms with Crippen LogP contribution in [0.3, 0.4) is 0 Å². The second-order valence-corrected chi connectivity index (χ2v) is 9.28. The average molecular weight is 552 g/mol. The number of urea groups is 1. The molecule has 0 aliphatic carbocycles. The number of nitrogens with zero attached hydrogens (tertiary/aromatic N) is 1. The Balaban J connectivity index is 1.30. The summed E-state index contributed by atoms with van der Waals surface area (Å²) in [5.74, 6) is -1.78. The molecule has 0 spiro atoms. The molecular formula is C31H29N5O5. The van der Waals surface area contributed by atoms with Crippen LogP contribution in [0.5, 0.6) is 0 Å². The van der Waals surface area contributed by atoms with Crippen molar-refractivity contribution in [2.24, 2.45) is 0 Å². The third-order valence-corrected chi connectivity index (χ3v) is 6.12. The van der Waals surface area contributed by atoms with Crippen LogP contribution in [-0.4, -0.2) is 33.9 Å². The molecule has 0 aliphatic heterocycles. The fraction of sp³-hybridized carbons (Fsp3) is 0.129. The van der Waals surface area contributed by atoms with E-state index in [0.717, 1.165) is 16.8 Å². The number of aliphatic carboxylic acids is 1. The van der Waals surface area contributed by atoms with Gasteiger partial charge in [-0.2, -0.15) is 0 Å². The van der Waals surface area contributed by atoms with Crippen LogP contribution in [0.15, 0.2) is 97.2 Å². The smallest absolute Gasteiger partial charge is 0.323 e. The molecular weight excluding hydrogens is 522 g/mol. The van der Waals surface area contributed by atoms with E-state index in [-0.39, 0.29) is 24.8 Å². The first-order valence-electron chi connectivity index (χ1n) is 12.8. The number of anilines is 3. The Morgan fingerprint density at radius 3 is 2.12 bits per heavy atom. The van der Waals surface area contributed by atoms with E-state index in [1.165, 1.54) is 6.20 Å². The summed E-state index contributed by atoms with van der Waals surface area (Å²) in [6.07, 6.45) is 1.15. The topological polar surface area (TPSA) is 150 Å². The Kier molecular flexibility index (Phi) is 9.40. The lowest BCUT2D eigenvalue weighted by molar-refractivity contribution is -0.137. The number of hydrogen-bond donors (Lipinski definition) is 5. The number of carboxylic acid groups (broad SMARTS) is 1. The maximum atomic E-state index is 12.6. The molecule has 5 N–H and O–H groups in total. The van der Waals surface area contributed by atoms with E-state index in [9.17, 15) is 24.3 Å². The number of amides is 4. The zero-order valence-corrected chi connectivity index (χ0v) is 22.3. The van der Waals surface area contributed by atoms with Gasteiger partial charge in [-0.05, 0) is 60.5 Å². The monoisotopic (exact) mass is 551 g/mol. The van der Waals surface area contributed by atoms with Crippen molar-refractivity contribution in [3.8, 4) is 0 Å². The van der Waals surface area contributed by atoms with E-state index in [2.05, 4.69) is 26.3 Å². The molecule has 1 aromatic heterocycles. The lowest BCUT2D eigenvalue weighted by Gasteiger charge is -2.17. The zero-order valence-electron chi connectivity index (χ0n) is 22.3. The van der Waals surface area contributed by atoms with E-state index >= 15 is 0 Å². The first-order chi connectivity index (χ1) is 19.8. The number of para-hydroxylation sites is 1. The largest absolute Gasteiger partial charge is 0.481 e. The van der Waals surface area contributed by atoms with Gasteiger partial charge in [-0.1, -0.05) is 48.5 Å². The van der Waals surface area contributed by atoms with Crippen molar-refractivity contribution >= 4 is 40.9 Å². The van der Waals surface area contributed by atoms with Crippen LogP contribution >= 0.6 is 0 Å². The van der Waals surface area contributed by atoms with Crippen LogP contribution in [0.1, 0.15) is 39.6 Å². The number of aromatic nitrogens is 1. The Morgan fingerprint density at radius 1 is 0.780 bits per heavy atom. The predicted molar refractivity (Wildman–Crippen MR) is 156 cm³/mol. The summed E-state index contributed by atoms with van der Waals surface area (Å²) in [5.41, 5.74) is 4.16. The standard InChI is InChI=1S/C31H29N5O5/c1-20-7-5-6-10-25(20)36-31(41)34-23-13-11-21(12-14-23)17-28(37)33-24-15-16-26(32-19-24)27(18-29(38)39)35-30(40)22-8-3-2-4-9-22/h2-16,19,27H,17-18H2,1H3,(H,33,37)(H,35,40)(H,38,39)(H2,34,36,41). The normalized spacial score (nSPS) is 11.1. The number of carbonyl (C=O) groups excluding carboxylic acids is 3. The van der Waals surface area contributed by atoms with Gasteiger partial charge in [0.05, 0.1) is 36.5 Å². The summed E-state index contributed by atoms with van der Waals surface area (Å²) < 4.78 is 0. The summed E-state index contributed by atoms with van der Waals surface area (Å²) in [6.45, 7) is 1.91. The number of carboxylic acids is 1. The van der Waals surface area contributed by atoms with E-state index in [4.69, 9.17) is 0 Å². The molecule has 1 atom stereocenters. The molecule has 1 unspecified atom stereocenters. The molecule has 0 saturated heterocycles. The number of pyridine rings is 1. The number of rotatable bonds is 10. The number of nitrogens with one attached hydrogen (secondary N) is 4. The van der Waals surface area contributed by atoms with Gasteiger partial charge in [-0.3, -0.25) is 19.4 Å². The van der Waals surface area contributed by atoms with Gasteiger partial charge >= 0.3 is 12.0 Å². The molecule has 0 bridgehead atoms. The molecule has 0 fully saturated rings. The molecule has 3 aromatic carbocycles. The van der Waals surface area contributed by atoms with E-state index in [1.54, 1.807) is 66.7 Å². The predicted octanol–water partition coefficient (Wildman–Crippen LogP) is 5.16. The highest BCUT2D eigenvalue weighted by atomic mass is 16.4. The first kappa shape index (κ1) is 28.5. The van der Waals surface area contributed by atoms with Gasteiger partial charge in [0, 0.05) is 16.9 Å². The van der Waals surface area contributed by atoms with Gasteiger partial charge in [0.15, 0.2) is 0 Å². The molecule has 208 valence electrons. The second kappa shape index (κ2) is 13.5. The van der Waals surface area contributed by atoms with Crippen molar-refractivity contribution in [3.63, 3.8) is 0 Å². The minimum atomic E-state index is -1.09. The molecule has 1 heterocycles. The summed E-state index contributed by atoms with van der Waals surface area (Å²) in [7, 11) is 0. The van der Waals surface area contributed by atoms with Crippen LogP contribution in [0.25, 0.3) is 0 Å². The van der Waals surface area contributed by atoms with E-state index < -0.39 is 17.9 Å². The highest BCUT2D eigenvalue weighted by Crippen LogP contribution is 2.19. The highest BCUT2D eigenvalue weighted by molar-refractivity contribution is 6.00. The molecule has 0 saturated carbocycles. The Morgan fingerprint density at radius 2 is 1.46 bits per heavy atom. The van der Waals surface area contributed by atoms with Crippen LogP contribution in [-0.2, 0) is 16.0 Å². The van der Waals surface area contributed by atoms with Gasteiger partial charge in [0.25, 0.3) is 5.91 Å². The number of carbonyl (C=O) groups is 4. The third kappa shape index (κ3) is 8.49. The molecule has 0 aliphatic rings. The van der Waals surface area contributed by atoms with Crippen LogP contribution in [0.4, 0.5) is 21.9 Å². The Hall–Kier alpha value is -5.51. The van der Waals surface area contributed by atoms with Crippen molar-refractivity contribution in [1.29, 1.82) is 0 Å². The molecule has 4 aromatic rings. The number of benzene rings is 3. The van der Waals surface area contributed by atoms with Crippen molar-refractivity contribution in [2.75, 3.05) is 16.0 Å². The summed E-state index contributed by atoms with van der Waals surface area (Å²) >= 11 is 0. The second-order valence-electron chi connectivity index (χ2n) is 9.28. The van der Waals surface area contributed by atoms with E-state index in [0.29, 0.717) is 22.6 Å². The van der Waals surface area contributed by atoms with Crippen LogP contribution in [0, 0.1) is 6.92 Å². The molecule has 10 nitrogen and oxygen atoms in total. The summed E-state index contributed by atoms with van der Waals surface area (Å²) in [6, 6.07) is 24.8. The van der Waals surface area contributed by atoms with Crippen molar-refractivity contribution in [1.82, 2.24) is 10.3 Å².